The van der Waals surface area contributed by atoms with E-state index in [-0.39, 0.29) is 28.8 Å². The third-order valence-corrected chi connectivity index (χ3v) is 5.97. The minimum Gasteiger partial charge on any atom is -0.431 e. The molecule has 2 saturated heterocycles. The van der Waals surface area contributed by atoms with Crippen molar-refractivity contribution in [3.8, 4) is 0 Å². The lowest BCUT2D eigenvalue weighted by atomic mass is 9.80. The van der Waals surface area contributed by atoms with E-state index in [0.717, 1.165) is 0 Å². The molecule has 0 saturated carbocycles. The van der Waals surface area contributed by atoms with Gasteiger partial charge in [0.2, 0.25) is 0 Å². The number of carbonyl (C=O) groups is 1. The Labute approximate surface area is 164 Å². The van der Waals surface area contributed by atoms with Crippen LogP contribution in [0.4, 0.5) is 4.79 Å². The third-order valence-electron chi connectivity index (χ3n) is 5.97. The van der Waals surface area contributed by atoms with Crippen molar-refractivity contribution in [2.75, 3.05) is 14.2 Å². The highest BCUT2D eigenvalue weighted by Crippen LogP contribution is 2.43. The molecule has 0 amide bonds. The van der Waals surface area contributed by atoms with E-state index in [1.54, 1.807) is 14.2 Å². The Hall–Kier alpha value is -0.890. The van der Waals surface area contributed by atoms with Crippen molar-refractivity contribution in [1.29, 1.82) is 0 Å². The van der Waals surface area contributed by atoms with Gasteiger partial charge in [0.1, 0.15) is 12.2 Å². The lowest BCUT2D eigenvalue weighted by Crippen LogP contribution is -2.61. The summed E-state index contributed by atoms with van der Waals surface area (Å²) in [6.45, 7) is 16.6. The summed E-state index contributed by atoms with van der Waals surface area (Å²) in [4.78, 5) is 23.7. The summed E-state index contributed by atoms with van der Waals surface area (Å²) in [5.41, 5.74) is -1.15. The Morgan fingerprint density at radius 1 is 0.741 bits per heavy atom. The van der Waals surface area contributed by atoms with Crippen LogP contribution in [0.25, 0.3) is 0 Å². The minimum atomic E-state index is -0.607. The van der Waals surface area contributed by atoms with Crippen LogP contribution in [0, 0.1) is 0 Å². The summed E-state index contributed by atoms with van der Waals surface area (Å²) in [5, 5.41) is 3.89. The molecule has 7 heteroatoms. The number of hydrogen-bond donors (Lipinski definition) is 0. The average molecular weight is 387 g/mol. The molecule has 1 atom stereocenters. The van der Waals surface area contributed by atoms with Gasteiger partial charge < -0.3 is 19.1 Å². The van der Waals surface area contributed by atoms with E-state index in [2.05, 4.69) is 41.5 Å². The molecule has 2 aliphatic heterocycles. The molecule has 0 radical (unpaired) electrons. The van der Waals surface area contributed by atoms with Crippen molar-refractivity contribution in [2.24, 2.45) is 0 Å². The smallest absolute Gasteiger partial charge is 0.431 e. The Morgan fingerprint density at radius 2 is 1.19 bits per heavy atom. The third kappa shape index (κ3) is 4.26. The number of ether oxygens (including phenoxy) is 2. The van der Waals surface area contributed by atoms with Crippen molar-refractivity contribution in [1.82, 2.24) is 10.1 Å². The van der Waals surface area contributed by atoms with Crippen LogP contribution in [-0.4, -0.2) is 64.9 Å². The van der Waals surface area contributed by atoms with E-state index in [1.165, 1.54) is 0 Å². The molecule has 1 unspecified atom stereocenters. The molecule has 0 aromatic heterocycles. The fraction of sp³-hybridized carbons (Fsp3) is 0.950. The highest BCUT2D eigenvalue weighted by atomic mass is 16.7. The normalized spacial score (nSPS) is 30.2. The van der Waals surface area contributed by atoms with Gasteiger partial charge in [-0.2, -0.15) is 10.1 Å². The van der Waals surface area contributed by atoms with Crippen LogP contribution in [0.3, 0.4) is 0 Å². The molecule has 158 valence electrons. The van der Waals surface area contributed by atoms with E-state index in [9.17, 15) is 4.79 Å². The molecule has 2 fully saturated rings. The second-order valence-corrected chi connectivity index (χ2v) is 10.3. The maximum absolute atomic E-state index is 12.6. The fourth-order valence-electron chi connectivity index (χ4n) is 5.39. The number of carbonyl (C=O) groups excluding carboxylic acids is 1. The second-order valence-electron chi connectivity index (χ2n) is 10.3. The van der Waals surface area contributed by atoms with Gasteiger partial charge >= 0.3 is 6.16 Å². The average Bonchev–Trinajstić information content (AvgIpc) is 2.60. The Balaban J connectivity index is 2.04. The Kier molecular flexibility index (Phi) is 5.95. The zero-order valence-corrected chi connectivity index (χ0v) is 18.7. The minimum absolute atomic E-state index is 0.218. The van der Waals surface area contributed by atoms with Gasteiger partial charge in [-0.25, -0.2) is 4.79 Å². The van der Waals surface area contributed by atoms with Gasteiger partial charge in [0.25, 0.3) is 0 Å². The van der Waals surface area contributed by atoms with Crippen LogP contribution in [0.1, 0.15) is 74.7 Å². The van der Waals surface area contributed by atoms with Gasteiger partial charge in [0, 0.05) is 35.9 Å². The molecule has 27 heavy (non-hydrogen) atoms. The topological polar surface area (TPSA) is 60.5 Å². The summed E-state index contributed by atoms with van der Waals surface area (Å²) in [7, 11) is 3.34. The fourth-order valence-corrected chi connectivity index (χ4v) is 5.39. The molecule has 2 heterocycles. The molecule has 0 spiro atoms. The summed E-state index contributed by atoms with van der Waals surface area (Å²) in [5.74, 6) is 0. The first kappa shape index (κ1) is 22.4. The summed E-state index contributed by atoms with van der Waals surface area (Å²) >= 11 is 0. The van der Waals surface area contributed by atoms with Crippen LogP contribution in [0.15, 0.2) is 0 Å². The number of rotatable bonds is 4. The molecule has 0 aromatic rings. The maximum Gasteiger partial charge on any atom is 0.508 e. The molecule has 2 rings (SSSR count). The monoisotopic (exact) mass is 386 g/mol. The Bertz CT molecular complexity index is 541. The molecular formula is C20H38N2O5. The lowest BCUT2D eigenvalue weighted by Gasteiger charge is -2.52. The van der Waals surface area contributed by atoms with Crippen LogP contribution in [-0.2, 0) is 19.1 Å². The highest BCUT2D eigenvalue weighted by Gasteiger charge is 2.55. The van der Waals surface area contributed by atoms with E-state index in [4.69, 9.17) is 19.1 Å². The van der Waals surface area contributed by atoms with Crippen molar-refractivity contribution in [3.63, 3.8) is 0 Å². The van der Waals surface area contributed by atoms with E-state index in [1.807, 2.05) is 24.0 Å². The molecule has 7 nitrogen and oxygen atoms in total. The molecule has 0 aliphatic carbocycles. The predicted octanol–water partition coefficient (Wildman–Crippen LogP) is 3.92. The van der Waals surface area contributed by atoms with Crippen molar-refractivity contribution >= 4 is 6.16 Å². The van der Waals surface area contributed by atoms with Gasteiger partial charge in [0.05, 0.1) is 19.8 Å². The predicted molar refractivity (Wildman–Crippen MR) is 103 cm³/mol. The van der Waals surface area contributed by atoms with Gasteiger partial charge in [-0.05, 0) is 55.4 Å². The van der Waals surface area contributed by atoms with Crippen LogP contribution in [0.2, 0.25) is 0 Å². The maximum atomic E-state index is 12.6. The molecule has 0 aromatic carbocycles. The second kappa shape index (κ2) is 7.17. The first-order chi connectivity index (χ1) is 12.2. The van der Waals surface area contributed by atoms with Gasteiger partial charge in [-0.15, -0.1) is 0 Å². The van der Waals surface area contributed by atoms with Crippen LogP contribution in [0.5, 0.6) is 0 Å². The lowest BCUT2D eigenvalue weighted by molar-refractivity contribution is -0.277. The van der Waals surface area contributed by atoms with Gasteiger partial charge in [-0.1, -0.05) is 0 Å². The zero-order valence-electron chi connectivity index (χ0n) is 18.7. The SMILES string of the molecule is CON1C(C)(C)CC(OC(=O)OC2CC(C)(C)N(OC)C2(C)C)CC1(C)C. The van der Waals surface area contributed by atoms with Crippen molar-refractivity contribution < 1.29 is 23.9 Å². The van der Waals surface area contributed by atoms with Gasteiger partial charge in [-0.3, -0.25) is 0 Å². The molecular weight excluding hydrogens is 348 g/mol. The van der Waals surface area contributed by atoms with Crippen LogP contribution < -0.4 is 0 Å². The molecule has 2 aliphatic rings. The zero-order chi connectivity index (χ0) is 20.8. The van der Waals surface area contributed by atoms with Crippen molar-refractivity contribution in [3.05, 3.63) is 0 Å². The number of hydrogen-bond acceptors (Lipinski definition) is 7. The van der Waals surface area contributed by atoms with E-state index < -0.39 is 11.7 Å². The molecule has 0 bridgehead atoms. The largest absolute Gasteiger partial charge is 0.508 e. The van der Waals surface area contributed by atoms with E-state index in [0.29, 0.717) is 19.3 Å². The standard InChI is InChI=1S/C20H38N2O5/c1-17(2)11-14(12-18(3,4)21(17)24-9)26-16(23)27-15-13-19(5,6)22(25-10)20(15,7)8/h14-15H,11-13H2,1-10H3. The van der Waals surface area contributed by atoms with Crippen LogP contribution >= 0.6 is 0 Å². The summed E-state index contributed by atoms with van der Waals surface area (Å²) in [6.07, 6.45) is 0.920. The van der Waals surface area contributed by atoms with E-state index >= 15 is 0 Å². The Morgan fingerprint density at radius 3 is 1.59 bits per heavy atom. The van der Waals surface area contributed by atoms with Crippen molar-refractivity contribution in [2.45, 2.75) is 109 Å². The number of nitrogens with zero attached hydrogens (tertiary/aromatic N) is 2. The number of piperidine rings is 1. The first-order valence-electron chi connectivity index (χ1n) is 9.73. The summed E-state index contributed by atoms with van der Waals surface area (Å²) in [6, 6.07) is 0. The quantitative estimate of drug-likeness (QED) is 0.679. The molecule has 0 N–H and O–H groups in total. The first-order valence-corrected chi connectivity index (χ1v) is 9.73. The van der Waals surface area contributed by atoms with Gasteiger partial charge in [0.15, 0.2) is 0 Å². The summed E-state index contributed by atoms with van der Waals surface area (Å²) < 4.78 is 11.5. The highest BCUT2D eigenvalue weighted by molar-refractivity contribution is 5.60. The number of hydroxylamine groups is 4.